The Morgan fingerprint density at radius 3 is 2.74 bits per heavy atom. The number of ether oxygens (including phenoxy) is 1. The normalized spacial score (nSPS) is 14.9. The van der Waals surface area contributed by atoms with Crippen molar-refractivity contribution >= 4 is 17.7 Å². The summed E-state index contributed by atoms with van der Waals surface area (Å²) in [6, 6.07) is 1.91. The van der Waals surface area contributed by atoms with E-state index in [4.69, 9.17) is 4.74 Å². The van der Waals surface area contributed by atoms with Crippen molar-refractivity contribution in [2.75, 3.05) is 12.4 Å². The number of carbonyl (C=O) groups excluding carboxylic acids is 1. The molecule has 4 nitrogen and oxygen atoms in total. The number of allylic oxidation sites excluding steroid dienone is 1. The fraction of sp³-hybridized carbons (Fsp3) is 0.467. The maximum atomic E-state index is 11.3. The van der Waals surface area contributed by atoms with Crippen molar-refractivity contribution in [2.24, 2.45) is 0 Å². The largest absolute Gasteiger partial charge is 0.479 e. The van der Waals surface area contributed by atoms with Crippen LogP contribution in [0.15, 0.2) is 17.8 Å². The van der Waals surface area contributed by atoms with Gasteiger partial charge < -0.3 is 10.1 Å². The Labute approximate surface area is 113 Å². The molecule has 0 bridgehead atoms. The smallest absolute Gasteiger partial charge is 0.238 e. The molecule has 4 heteroatoms. The van der Waals surface area contributed by atoms with E-state index >= 15 is 0 Å². The van der Waals surface area contributed by atoms with E-state index in [1.54, 1.807) is 13.3 Å². The number of amides is 1. The van der Waals surface area contributed by atoms with Gasteiger partial charge in [0.05, 0.1) is 7.11 Å². The van der Waals surface area contributed by atoms with Gasteiger partial charge in [0.15, 0.2) is 0 Å². The molecule has 1 heterocycles. The van der Waals surface area contributed by atoms with E-state index in [0.29, 0.717) is 11.6 Å². The Bertz CT molecular complexity index is 487. The van der Waals surface area contributed by atoms with Crippen molar-refractivity contribution in [3.05, 3.63) is 23.4 Å². The zero-order chi connectivity index (χ0) is 13.7. The fourth-order valence-corrected chi connectivity index (χ4v) is 2.40. The topological polar surface area (TPSA) is 51.2 Å². The van der Waals surface area contributed by atoms with Crippen molar-refractivity contribution < 1.29 is 9.53 Å². The van der Waals surface area contributed by atoms with Gasteiger partial charge in [-0.15, -0.1) is 0 Å². The van der Waals surface area contributed by atoms with Gasteiger partial charge in [0.2, 0.25) is 11.8 Å². The molecule has 1 aromatic rings. The maximum Gasteiger partial charge on any atom is 0.238 e. The zero-order valence-corrected chi connectivity index (χ0v) is 11.5. The van der Waals surface area contributed by atoms with Gasteiger partial charge in [-0.25, -0.2) is 4.98 Å². The molecule has 0 atom stereocenters. The number of rotatable bonds is 3. The fourth-order valence-electron chi connectivity index (χ4n) is 2.40. The minimum Gasteiger partial charge on any atom is -0.479 e. The van der Waals surface area contributed by atoms with Crippen molar-refractivity contribution in [1.29, 1.82) is 0 Å². The highest BCUT2D eigenvalue weighted by Gasteiger charge is 2.12. The first-order valence-corrected chi connectivity index (χ1v) is 6.70. The Kier molecular flexibility index (Phi) is 4.55. The second kappa shape index (κ2) is 6.36. The molecule has 0 saturated heterocycles. The lowest BCUT2D eigenvalue weighted by Gasteiger charge is -2.15. The molecule has 0 aliphatic heterocycles. The number of hydrogen-bond acceptors (Lipinski definition) is 3. The van der Waals surface area contributed by atoms with E-state index in [-0.39, 0.29) is 5.91 Å². The summed E-state index contributed by atoms with van der Waals surface area (Å²) in [5.74, 6) is 0.343. The molecule has 1 aliphatic rings. The van der Waals surface area contributed by atoms with E-state index in [1.807, 2.05) is 6.07 Å². The van der Waals surface area contributed by atoms with E-state index < -0.39 is 0 Å². The molecular weight excluding hydrogens is 240 g/mol. The summed E-state index contributed by atoms with van der Waals surface area (Å²) in [5, 5.41) is 2.81. The van der Waals surface area contributed by atoms with Crippen LogP contribution in [0, 0.1) is 0 Å². The van der Waals surface area contributed by atoms with Crippen LogP contribution < -0.4 is 10.1 Å². The first kappa shape index (κ1) is 13.6. The molecule has 1 saturated carbocycles. The van der Waals surface area contributed by atoms with Gasteiger partial charge in [0, 0.05) is 18.7 Å². The molecule has 1 fully saturated rings. The second-order valence-electron chi connectivity index (χ2n) is 4.83. The predicted octanol–water partition coefficient (Wildman–Crippen LogP) is 3.40. The lowest BCUT2D eigenvalue weighted by molar-refractivity contribution is -0.114. The van der Waals surface area contributed by atoms with Gasteiger partial charge >= 0.3 is 0 Å². The quantitative estimate of drug-likeness (QED) is 0.906. The first-order chi connectivity index (χ1) is 9.20. The van der Waals surface area contributed by atoms with Crippen molar-refractivity contribution in [1.82, 2.24) is 4.98 Å². The summed E-state index contributed by atoms with van der Waals surface area (Å²) >= 11 is 0. The van der Waals surface area contributed by atoms with Crippen molar-refractivity contribution in [3.8, 4) is 5.88 Å². The monoisotopic (exact) mass is 260 g/mol. The number of nitrogens with one attached hydrogen (secondary N) is 1. The second-order valence-corrected chi connectivity index (χ2v) is 4.83. The Morgan fingerprint density at radius 1 is 1.37 bits per heavy atom. The summed E-state index contributed by atoms with van der Waals surface area (Å²) in [7, 11) is 1.56. The molecule has 1 aromatic heterocycles. The molecule has 19 heavy (non-hydrogen) atoms. The van der Waals surface area contributed by atoms with E-state index in [0.717, 1.165) is 18.4 Å². The summed E-state index contributed by atoms with van der Waals surface area (Å²) in [5.41, 5.74) is 3.07. The number of carbonyl (C=O) groups is 1. The Balaban J connectivity index is 2.34. The Morgan fingerprint density at radius 2 is 2.11 bits per heavy atom. The molecule has 1 amide bonds. The number of methoxy groups -OCH3 is 1. The van der Waals surface area contributed by atoms with Crippen LogP contribution >= 0.6 is 0 Å². The van der Waals surface area contributed by atoms with Crippen LogP contribution in [0.1, 0.15) is 44.6 Å². The van der Waals surface area contributed by atoms with Gasteiger partial charge in [-0.3, -0.25) is 4.79 Å². The molecule has 2 rings (SSSR count). The highest BCUT2D eigenvalue weighted by Crippen LogP contribution is 2.31. The number of nitrogens with zero attached hydrogens (tertiary/aromatic N) is 1. The number of anilines is 1. The summed E-state index contributed by atoms with van der Waals surface area (Å²) < 4.78 is 5.22. The van der Waals surface area contributed by atoms with E-state index in [9.17, 15) is 4.79 Å². The van der Waals surface area contributed by atoms with Crippen LogP contribution in [0.5, 0.6) is 5.88 Å². The number of aromatic nitrogens is 1. The van der Waals surface area contributed by atoms with Gasteiger partial charge in [0.1, 0.15) is 5.69 Å². The molecule has 102 valence electrons. The molecule has 0 spiro atoms. The molecule has 0 aromatic carbocycles. The van der Waals surface area contributed by atoms with Crippen molar-refractivity contribution in [2.45, 2.75) is 39.0 Å². The van der Waals surface area contributed by atoms with Crippen LogP contribution in [0.25, 0.3) is 6.08 Å². The SMILES string of the molecule is COc1nccc(C=C2CCCCC2)c1NC(C)=O. The highest BCUT2D eigenvalue weighted by molar-refractivity contribution is 5.93. The third kappa shape index (κ3) is 3.56. The van der Waals surface area contributed by atoms with Crippen LogP contribution in [-0.4, -0.2) is 18.0 Å². The first-order valence-electron chi connectivity index (χ1n) is 6.70. The van der Waals surface area contributed by atoms with Gasteiger partial charge in [-0.1, -0.05) is 18.1 Å². The third-order valence-electron chi connectivity index (χ3n) is 3.30. The summed E-state index contributed by atoms with van der Waals surface area (Å²) in [6.07, 6.45) is 9.98. The van der Waals surface area contributed by atoms with Crippen LogP contribution in [-0.2, 0) is 4.79 Å². The third-order valence-corrected chi connectivity index (χ3v) is 3.30. The molecule has 0 radical (unpaired) electrons. The standard InChI is InChI=1S/C15H20N2O2/c1-11(18)17-14-13(8-9-16-15(14)19-2)10-12-6-4-3-5-7-12/h8-10H,3-7H2,1-2H3,(H,17,18). The number of hydrogen-bond donors (Lipinski definition) is 1. The van der Waals surface area contributed by atoms with E-state index in [1.165, 1.54) is 31.8 Å². The molecular formula is C15H20N2O2. The minimum absolute atomic E-state index is 0.116. The van der Waals surface area contributed by atoms with Gasteiger partial charge in [-0.2, -0.15) is 0 Å². The highest BCUT2D eigenvalue weighted by atomic mass is 16.5. The molecule has 1 N–H and O–H groups in total. The molecule has 1 aliphatic carbocycles. The minimum atomic E-state index is -0.116. The van der Waals surface area contributed by atoms with Crippen LogP contribution in [0.2, 0.25) is 0 Å². The average Bonchev–Trinajstić information content (AvgIpc) is 2.41. The maximum absolute atomic E-state index is 11.3. The summed E-state index contributed by atoms with van der Waals surface area (Å²) in [4.78, 5) is 15.4. The van der Waals surface area contributed by atoms with E-state index in [2.05, 4.69) is 16.4 Å². The Hall–Kier alpha value is -1.84. The van der Waals surface area contributed by atoms with Crippen LogP contribution in [0.4, 0.5) is 5.69 Å². The number of pyridine rings is 1. The summed E-state index contributed by atoms with van der Waals surface area (Å²) in [6.45, 7) is 1.49. The van der Waals surface area contributed by atoms with Gasteiger partial charge in [-0.05, 0) is 31.7 Å². The van der Waals surface area contributed by atoms with Crippen LogP contribution in [0.3, 0.4) is 0 Å². The molecule has 0 unspecified atom stereocenters. The van der Waals surface area contributed by atoms with Gasteiger partial charge in [0.25, 0.3) is 0 Å². The van der Waals surface area contributed by atoms with Crippen molar-refractivity contribution in [3.63, 3.8) is 0 Å². The lowest BCUT2D eigenvalue weighted by atomic mass is 9.93. The lowest BCUT2D eigenvalue weighted by Crippen LogP contribution is -2.09. The average molecular weight is 260 g/mol. The predicted molar refractivity (Wildman–Crippen MR) is 76.2 cm³/mol. The zero-order valence-electron chi connectivity index (χ0n) is 11.5.